The van der Waals surface area contributed by atoms with E-state index in [4.69, 9.17) is 0 Å². The number of carbonyl (C=O) groups excluding carboxylic acids is 2. The van der Waals surface area contributed by atoms with Gasteiger partial charge in [-0.1, -0.05) is 0 Å². The zero-order valence-corrected chi connectivity index (χ0v) is 16.9. The van der Waals surface area contributed by atoms with Crippen LogP contribution in [0.5, 0.6) is 0 Å². The quantitative estimate of drug-likeness (QED) is 0.705. The Labute approximate surface area is 148 Å². The number of ketones is 2. The maximum atomic E-state index is 11.3. The van der Waals surface area contributed by atoms with Crippen molar-refractivity contribution in [2.45, 2.75) is 103 Å². The fourth-order valence-electron chi connectivity index (χ4n) is 4.11. The van der Waals surface area contributed by atoms with Gasteiger partial charge in [0.25, 0.3) is 0 Å². The zero-order chi connectivity index (χ0) is 17.4. The second-order valence-corrected chi connectivity index (χ2v) is 9.57. The van der Waals surface area contributed by atoms with E-state index < -0.39 is 0 Å². The van der Waals surface area contributed by atoms with E-state index in [-0.39, 0.29) is 34.6 Å². The predicted molar refractivity (Wildman–Crippen MR) is 98.3 cm³/mol. The second kappa shape index (κ2) is 7.20. The first-order valence-electron chi connectivity index (χ1n) is 8.24. The first kappa shape index (κ1) is 22.6. The molecule has 2 saturated heterocycles. The Kier molecular flexibility index (Phi) is 7.06. The lowest BCUT2D eigenvalue weighted by molar-refractivity contribution is -0.125. The molecule has 2 N–H and O–H groups in total. The van der Waals surface area contributed by atoms with Crippen molar-refractivity contribution in [3.63, 3.8) is 0 Å². The van der Waals surface area contributed by atoms with Gasteiger partial charge in [-0.05, 0) is 55.4 Å². The Morgan fingerprint density at radius 2 is 0.739 bits per heavy atom. The van der Waals surface area contributed by atoms with Crippen molar-refractivity contribution in [2.75, 3.05) is 0 Å². The van der Waals surface area contributed by atoms with Crippen LogP contribution in [0.4, 0.5) is 0 Å². The van der Waals surface area contributed by atoms with E-state index in [9.17, 15) is 9.59 Å². The fraction of sp³-hybridized carbons (Fsp3) is 0.889. The second-order valence-electron chi connectivity index (χ2n) is 9.57. The predicted octanol–water partition coefficient (Wildman–Crippen LogP) is 3.41. The third-order valence-electron chi connectivity index (χ3n) is 3.91. The molecule has 2 fully saturated rings. The van der Waals surface area contributed by atoms with E-state index >= 15 is 0 Å². The number of nitrogens with one attached hydrogen (secondary N) is 2. The molecule has 4 nitrogen and oxygen atoms in total. The number of halogens is 1. The van der Waals surface area contributed by atoms with Crippen molar-refractivity contribution in [1.82, 2.24) is 10.6 Å². The Morgan fingerprint density at radius 1 is 0.565 bits per heavy atom. The first-order valence-corrected chi connectivity index (χ1v) is 8.24. The summed E-state index contributed by atoms with van der Waals surface area (Å²) in [5, 5.41) is 6.88. The summed E-state index contributed by atoms with van der Waals surface area (Å²) in [6.45, 7) is 16.6. The van der Waals surface area contributed by atoms with Gasteiger partial charge in [-0.25, -0.2) is 0 Å². The van der Waals surface area contributed by atoms with Crippen molar-refractivity contribution in [3.05, 3.63) is 0 Å². The topological polar surface area (TPSA) is 58.2 Å². The Hall–Kier alpha value is -0.450. The molecule has 136 valence electrons. The Morgan fingerprint density at radius 3 is 0.870 bits per heavy atom. The van der Waals surface area contributed by atoms with Gasteiger partial charge < -0.3 is 10.6 Å². The molecule has 0 aromatic carbocycles. The molecule has 2 aliphatic heterocycles. The minimum Gasteiger partial charge on any atom is -0.306 e. The largest absolute Gasteiger partial charge is 0.306 e. The molecule has 23 heavy (non-hydrogen) atoms. The van der Waals surface area contributed by atoms with Gasteiger partial charge in [-0.15, -0.1) is 12.4 Å². The van der Waals surface area contributed by atoms with Crippen molar-refractivity contribution in [1.29, 1.82) is 0 Å². The summed E-state index contributed by atoms with van der Waals surface area (Å²) in [5.74, 6) is 0.748. The van der Waals surface area contributed by atoms with E-state index in [0.717, 1.165) is 0 Å². The molecule has 0 atom stereocenters. The van der Waals surface area contributed by atoms with Crippen LogP contribution in [0.3, 0.4) is 0 Å². The summed E-state index contributed by atoms with van der Waals surface area (Å²) >= 11 is 0. The Balaban J connectivity index is 0.000000403. The molecule has 0 spiro atoms. The van der Waals surface area contributed by atoms with E-state index in [2.05, 4.69) is 66.0 Å². The summed E-state index contributed by atoms with van der Waals surface area (Å²) in [4.78, 5) is 22.5. The molecule has 0 amide bonds. The van der Waals surface area contributed by atoms with Gasteiger partial charge in [0.05, 0.1) is 0 Å². The first-order chi connectivity index (χ1) is 9.62. The van der Waals surface area contributed by atoms with Gasteiger partial charge in [-0.3, -0.25) is 9.59 Å². The average Bonchev–Trinajstić information content (AvgIpc) is 2.03. The molecule has 2 heterocycles. The van der Waals surface area contributed by atoms with Gasteiger partial charge in [0.15, 0.2) is 0 Å². The lowest BCUT2D eigenvalue weighted by Crippen LogP contribution is -2.58. The third-order valence-corrected chi connectivity index (χ3v) is 3.91. The van der Waals surface area contributed by atoms with Crippen molar-refractivity contribution >= 4 is 24.0 Å². The van der Waals surface area contributed by atoms with Gasteiger partial charge in [0.1, 0.15) is 11.6 Å². The van der Waals surface area contributed by atoms with Crippen LogP contribution >= 0.6 is 12.4 Å². The number of rotatable bonds is 0. The van der Waals surface area contributed by atoms with E-state index in [1.165, 1.54) is 0 Å². The summed E-state index contributed by atoms with van der Waals surface area (Å²) in [7, 11) is 0. The molecular formula is C18H35ClN2O2. The Bertz CT molecular complexity index is 376. The number of carbonyl (C=O) groups is 2. The summed E-state index contributed by atoms with van der Waals surface area (Å²) in [6.07, 6.45) is 2.65. The van der Waals surface area contributed by atoms with Crippen LogP contribution in [0.25, 0.3) is 0 Å². The molecule has 0 aromatic rings. The molecule has 2 aliphatic rings. The lowest BCUT2D eigenvalue weighted by Gasteiger charge is -2.41. The molecule has 0 bridgehead atoms. The molecule has 2 rings (SSSR count). The standard InChI is InChI=1S/2C9H17NO.ClH/c2*1-8(2)5-7(11)6-9(3,4)10-8;/h2*10H,5-6H2,1-4H3;1H. The molecule has 0 aromatic heterocycles. The van der Waals surface area contributed by atoms with Crippen molar-refractivity contribution in [2.24, 2.45) is 0 Å². The summed E-state index contributed by atoms with van der Waals surface area (Å²) in [5.41, 5.74) is -0.0602. The average molecular weight is 347 g/mol. The molecule has 0 radical (unpaired) electrons. The maximum absolute atomic E-state index is 11.3. The highest BCUT2D eigenvalue weighted by molar-refractivity contribution is 5.85. The molecule has 0 saturated carbocycles. The smallest absolute Gasteiger partial charge is 0.136 e. The van der Waals surface area contributed by atoms with Crippen LogP contribution in [-0.2, 0) is 9.59 Å². The van der Waals surface area contributed by atoms with Gasteiger partial charge in [-0.2, -0.15) is 0 Å². The zero-order valence-electron chi connectivity index (χ0n) is 16.1. The highest BCUT2D eigenvalue weighted by Gasteiger charge is 2.37. The molecule has 0 aliphatic carbocycles. The number of hydrogen-bond acceptors (Lipinski definition) is 4. The van der Waals surface area contributed by atoms with Crippen molar-refractivity contribution < 1.29 is 9.59 Å². The monoisotopic (exact) mass is 346 g/mol. The van der Waals surface area contributed by atoms with Crippen LogP contribution in [0.2, 0.25) is 0 Å². The lowest BCUT2D eigenvalue weighted by atomic mass is 9.82. The minimum absolute atomic E-state index is 0. The number of hydrogen-bond donors (Lipinski definition) is 2. The van der Waals surface area contributed by atoms with E-state index in [0.29, 0.717) is 37.2 Å². The third kappa shape index (κ3) is 8.27. The SMILES string of the molecule is CC1(C)CC(=O)CC(C)(C)N1.CC1(C)CC(=O)CC(C)(C)N1.Cl. The van der Waals surface area contributed by atoms with Crippen LogP contribution < -0.4 is 10.6 Å². The highest BCUT2D eigenvalue weighted by Crippen LogP contribution is 2.26. The summed E-state index contributed by atoms with van der Waals surface area (Å²) in [6, 6.07) is 0. The van der Waals surface area contributed by atoms with Gasteiger partial charge in [0, 0.05) is 47.8 Å². The molecular weight excluding hydrogens is 312 g/mol. The summed E-state index contributed by atoms with van der Waals surface area (Å²) < 4.78 is 0. The fourth-order valence-corrected chi connectivity index (χ4v) is 4.11. The van der Waals surface area contributed by atoms with E-state index in [1.807, 2.05) is 0 Å². The van der Waals surface area contributed by atoms with E-state index in [1.54, 1.807) is 0 Å². The highest BCUT2D eigenvalue weighted by atomic mass is 35.5. The molecule has 0 unspecified atom stereocenters. The normalized spacial score (nSPS) is 27.3. The van der Waals surface area contributed by atoms with Crippen LogP contribution in [0, 0.1) is 0 Å². The van der Waals surface area contributed by atoms with Crippen LogP contribution in [-0.4, -0.2) is 33.7 Å². The number of Topliss-reactive ketones (excluding diaryl/α,β-unsaturated/α-hetero) is 2. The van der Waals surface area contributed by atoms with Gasteiger partial charge in [0.2, 0.25) is 0 Å². The van der Waals surface area contributed by atoms with Crippen molar-refractivity contribution in [3.8, 4) is 0 Å². The maximum Gasteiger partial charge on any atom is 0.136 e. The number of piperidine rings is 2. The molecule has 5 heteroatoms. The van der Waals surface area contributed by atoms with Gasteiger partial charge >= 0.3 is 0 Å². The van der Waals surface area contributed by atoms with Crippen LogP contribution in [0.15, 0.2) is 0 Å². The minimum atomic E-state index is -0.0150. The van der Waals surface area contributed by atoms with Crippen LogP contribution in [0.1, 0.15) is 81.1 Å².